The molecule has 0 spiro atoms. The third-order valence-electron chi connectivity index (χ3n) is 2.56. The van der Waals surface area contributed by atoms with Crippen molar-refractivity contribution in [3.8, 4) is 0 Å². The number of rotatable bonds is 6. The van der Waals surface area contributed by atoms with Crippen molar-refractivity contribution in [1.82, 2.24) is 10.4 Å². The van der Waals surface area contributed by atoms with Gasteiger partial charge in [0.2, 0.25) is 5.91 Å². The Balaban J connectivity index is 1.71. The minimum atomic E-state index is -0.114. The monoisotopic (exact) mass is 363 g/mol. The van der Waals surface area contributed by atoms with Gasteiger partial charge in [-0.1, -0.05) is 34.1 Å². The summed E-state index contributed by atoms with van der Waals surface area (Å²) in [5.74, 6) is 1.04. The van der Waals surface area contributed by atoms with Crippen LogP contribution in [0.2, 0.25) is 0 Å². The van der Waals surface area contributed by atoms with Crippen LogP contribution in [-0.4, -0.2) is 22.9 Å². The Morgan fingerprint density at radius 3 is 2.81 bits per heavy atom. The van der Waals surface area contributed by atoms with Gasteiger partial charge in [0.1, 0.15) is 0 Å². The minimum Gasteiger partial charge on any atom is -0.272 e. The van der Waals surface area contributed by atoms with E-state index in [1.54, 1.807) is 30.4 Å². The van der Waals surface area contributed by atoms with E-state index < -0.39 is 0 Å². The number of hydrogen-bond donors (Lipinski definition) is 1. The summed E-state index contributed by atoms with van der Waals surface area (Å²) in [6.45, 7) is 0. The molecule has 1 heterocycles. The summed E-state index contributed by atoms with van der Waals surface area (Å²) in [5.41, 5.74) is 4.58. The van der Waals surface area contributed by atoms with E-state index in [4.69, 9.17) is 0 Å². The summed E-state index contributed by atoms with van der Waals surface area (Å²) in [6.07, 6.45) is 4.95. The highest BCUT2D eigenvalue weighted by Gasteiger charge is 2.02. The molecule has 2 aromatic rings. The van der Waals surface area contributed by atoms with Crippen LogP contribution >= 0.6 is 27.7 Å². The molecule has 0 bridgehead atoms. The zero-order valence-corrected chi connectivity index (χ0v) is 13.6. The number of nitrogens with zero attached hydrogens (tertiary/aromatic N) is 2. The van der Waals surface area contributed by atoms with Crippen molar-refractivity contribution in [3.63, 3.8) is 0 Å². The number of thioether (sulfide) groups is 1. The summed E-state index contributed by atoms with van der Waals surface area (Å²) in [4.78, 5) is 15.5. The number of pyridine rings is 1. The first kappa shape index (κ1) is 15.7. The van der Waals surface area contributed by atoms with Gasteiger partial charge in [0.25, 0.3) is 0 Å². The topological polar surface area (TPSA) is 54.4 Å². The minimum absolute atomic E-state index is 0.114. The van der Waals surface area contributed by atoms with Gasteiger partial charge in [0.15, 0.2) is 0 Å². The molecule has 0 aliphatic carbocycles. The van der Waals surface area contributed by atoms with Gasteiger partial charge in [-0.3, -0.25) is 9.78 Å². The Hall–Kier alpha value is -1.66. The third kappa shape index (κ3) is 5.69. The number of carbonyl (C=O) groups is 1. The van der Waals surface area contributed by atoms with Crippen LogP contribution in [-0.2, 0) is 10.5 Å². The van der Waals surface area contributed by atoms with Crippen LogP contribution in [0.5, 0.6) is 0 Å². The van der Waals surface area contributed by atoms with Gasteiger partial charge < -0.3 is 0 Å². The van der Waals surface area contributed by atoms with Gasteiger partial charge in [-0.2, -0.15) is 5.10 Å². The molecule has 4 nitrogen and oxygen atoms in total. The Morgan fingerprint density at radius 1 is 1.29 bits per heavy atom. The fraction of sp³-hybridized carbons (Fsp3) is 0.133. The highest BCUT2D eigenvalue weighted by atomic mass is 79.9. The second-order valence-corrected chi connectivity index (χ2v) is 6.00. The predicted molar refractivity (Wildman–Crippen MR) is 90.3 cm³/mol. The molecule has 21 heavy (non-hydrogen) atoms. The normalized spacial score (nSPS) is 10.7. The molecule has 6 heteroatoms. The summed E-state index contributed by atoms with van der Waals surface area (Å²) in [7, 11) is 0. The van der Waals surface area contributed by atoms with Crippen molar-refractivity contribution >= 4 is 39.8 Å². The lowest BCUT2D eigenvalue weighted by atomic mass is 10.2. The van der Waals surface area contributed by atoms with Crippen molar-refractivity contribution in [2.24, 2.45) is 5.10 Å². The molecule has 0 unspecified atom stereocenters. The lowest BCUT2D eigenvalue weighted by Gasteiger charge is -2.03. The molecule has 0 fully saturated rings. The Kier molecular flexibility index (Phi) is 6.43. The van der Waals surface area contributed by atoms with E-state index in [-0.39, 0.29) is 5.91 Å². The van der Waals surface area contributed by atoms with Crippen molar-refractivity contribution in [2.75, 3.05) is 5.75 Å². The zero-order chi connectivity index (χ0) is 14.9. The van der Waals surface area contributed by atoms with E-state index in [2.05, 4.69) is 31.4 Å². The summed E-state index contributed by atoms with van der Waals surface area (Å²) < 4.78 is 1.06. The third-order valence-corrected chi connectivity index (χ3v) is 4.31. The van der Waals surface area contributed by atoms with Crippen LogP contribution in [0.15, 0.2) is 58.4 Å². The van der Waals surface area contributed by atoms with Crippen molar-refractivity contribution in [2.45, 2.75) is 5.75 Å². The van der Waals surface area contributed by atoms with Gasteiger partial charge in [-0.05, 0) is 29.3 Å². The maximum Gasteiger partial charge on any atom is 0.250 e. The van der Waals surface area contributed by atoms with Crippen LogP contribution < -0.4 is 5.43 Å². The molecule has 108 valence electrons. The van der Waals surface area contributed by atoms with Gasteiger partial charge in [0.05, 0.1) is 12.0 Å². The van der Waals surface area contributed by atoms with E-state index in [0.717, 1.165) is 15.8 Å². The zero-order valence-electron chi connectivity index (χ0n) is 11.2. The molecule has 0 saturated heterocycles. The predicted octanol–water partition coefficient (Wildman–Crippen LogP) is 3.23. The number of hydrazone groups is 1. The maximum absolute atomic E-state index is 11.6. The Labute approximate surface area is 136 Å². The number of aromatic nitrogens is 1. The number of halogens is 1. The van der Waals surface area contributed by atoms with Crippen molar-refractivity contribution in [1.29, 1.82) is 0 Å². The molecule has 0 saturated carbocycles. The van der Waals surface area contributed by atoms with E-state index >= 15 is 0 Å². The second-order valence-electron chi connectivity index (χ2n) is 4.16. The first-order chi connectivity index (χ1) is 10.3. The van der Waals surface area contributed by atoms with Gasteiger partial charge in [0, 0.05) is 22.6 Å². The number of hydrogen-bond acceptors (Lipinski definition) is 4. The maximum atomic E-state index is 11.6. The Morgan fingerprint density at radius 2 is 2.05 bits per heavy atom. The molecule has 1 amide bonds. The van der Waals surface area contributed by atoms with Crippen LogP contribution in [0, 0.1) is 0 Å². The molecule has 1 aromatic heterocycles. The standard InChI is InChI=1S/C15H14BrN3OS/c16-14-4-2-1-3-13(14)10-21-11-15(20)19-18-9-12-5-7-17-8-6-12/h1-9H,10-11H2,(H,19,20)/b18-9-. The molecule has 0 radical (unpaired) electrons. The molecule has 0 aliphatic heterocycles. The average Bonchev–Trinajstić information content (AvgIpc) is 2.50. The first-order valence-corrected chi connectivity index (χ1v) is 8.23. The lowest BCUT2D eigenvalue weighted by Crippen LogP contribution is -2.19. The summed E-state index contributed by atoms with van der Waals surface area (Å²) in [5, 5.41) is 3.91. The number of amides is 1. The van der Waals surface area contributed by atoms with Crippen LogP contribution in [0.4, 0.5) is 0 Å². The SMILES string of the molecule is O=C(CSCc1ccccc1Br)N/N=C\c1ccncc1. The number of nitrogens with one attached hydrogen (secondary N) is 1. The molecule has 1 N–H and O–H groups in total. The van der Waals surface area contributed by atoms with Crippen LogP contribution in [0.1, 0.15) is 11.1 Å². The fourth-order valence-corrected chi connectivity index (χ4v) is 2.96. The van der Waals surface area contributed by atoms with Gasteiger partial charge in [-0.15, -0.1) is 11.8 Å². The number of carbonyl (C=O) groups excluding carboxylic acids is 1. The van der Waals surface area contributed by atoms with E-state index in [9.17, 15) is 4.79 Å². The molecule has 0 atom stereocenters. The first-order valence-electron chi connectivity index (χ1n) is 6.29. The second kappa shape index (κ2) is 8.59. The quantitative estimate of drug-likeness (QED) is 0.633. The van der Waals surface area contributed by atoms with E-state index in [1.165, 1.54) is 5.56 Å². The van der Waals surface area contributed by atoms with Gasteiger partial charge in [-0.25, -0.2) is 5.43 Å². The van der Waals surface area contributed by atoms with Crippen molar-refractivity contribution in [3.05, 3.63) is 64.4 Å². The largest absolute Gasteiger partial charge is 0.272 e. The van der Waals surface area contributed by atoms with Crippen LogP contribution in [0.25, 0.3) is 0 Å². The summed E-state index contributed by atoms with van der Waals surface area (Å²) in [6, 6.07) is 11.6. The van der Waals surface area contributed by atoms with E-state index in [1.807, 2.05) is 36.4 Å². The average molecular weight is 364 g/mol. The molecule has 2 rings (SSSR count). The number of benzene rings is 1. The lowest BCUT2D eigenvalue weighted by molar-refractivity contribution is -0.118. The van der Waals surface area contributed by atoms with E-state index in [0.29, 0.717) is 5.75 Å². The van der Waals surface area contributed by atoms with Crippen LogP contribution in [0.3, 0.4) is 0 Å². The molecule has 1 aromatic carbocycles. The molecular weight excluding hydrogens is 350 g/mol. The van der Waals surface area contributed by atoms with Crippen molar-refractivity contribution < 1.29 is 4.79 Å². The highest BCUT2D eigenvalue weighted by Crippen LogP contribution is 2.20. The highest BCUT2D eigenvalue weighted by molar-refractivity contribution is 9.10. The Bertz CT molecular complexity index is 619. The smallest absolute Gasteiger partial charge is 0.250 e. The molecular formula is C15H14BrN3OS. The summed E-state index contributed by atoms with van der Waals surface area (Å²) >= 11 is 5.04. The fourth-order valence-electron chi connectivity index (χ4n) is 1.53. The molecule has 0 aliphatic rings. The van der Waals surface area contributed by atoms with Gasteiger partial charge >= 0.3 is 0 Å².